The molecule has 170 valence electrons. The molecule has 0 bridgehead atoms. The van der Waals surface area contributed by atoms with E-state index in [0.29, 0.717) is 37.7 Å². The van der Waals surface area contributed by atoms with Gasteiger partial charge in [0.15, 0.2) is 5.82 Å². The number of anilines is 2. The minimum absolute atomic E-state index is 0.0152. The first kappa shape index (κ1) is 21.3. The molecule has 3 aromatic carbocycles. The van der Waals surface area contributed by atoms with Crippen LogP contribution in [0.4, 0.5) is 22.0 Å². The molecule has 0 saturated carbocycles. The van der Waals surface area contributed by atoms with Gasteiger partial charge in [0.2, 0.25) is 0 Å². The number of piperazine rings is 1. The summed E-state index contributed by atoms with van der Waals surface area (Å²) in [7, 11) is 0. The standard InChI is InChI=1S/C25H22N6O3/c32-25(26-19-10-12-20(13-11-19)31(33)34)30-16-14-29(15-17-30)24-21-8-4-5-9-22(21)27-23(28-24)18-6-2-1-3-7-18/h1-13H,14-17H2,(H,26,32). The molecule has 4 aromatic rings. The van der Waals surface area contributed by atoms with Gasteiger partial charge >= 0.3 is 6.03 Å². The average Bonchev–Trinajstić information content (AvgIpc) is 2.89. The van der Waals surface area contributed by atoms with Crippen LogP contribution in [0.25, 0.3) is 22.3 Å². The number of nitrogens with zero attached hydrogens (tertiary/aromatic N) is 5. The summed E-state index contributed by atoms with van der Waals surface area (Å²) in [5.41, 5.74) is 2.34. The highest BCUT2D eigenvalue weighted by atomic mass is 16.6. The molecule has 0 aliphatic carbocycles. The smallest absolute Gasteiger partial charge is 0.321 e. The van der Waals surface area contributed by atoms with Gasteiger partial charge < -0.3 is 15.1 Å². The zero-order valence-electron chi connectivity index (χ0n) is 18.3. The molecule has 1 N–H and O–H groups in total. The number of hydrogen-bond donors (Lipinski definition) is 1. The van der Waals surface area contributed by atoms with Crippen molar-refractivity contribution in [3.8, 4) is 11.4 Å². The fraction of sp³-hybridized carbons (Fsp3) is 0.160. The SMILES string of the molecule is O=C(Nc1ccc([N+](=O)[O-])cc1)N1CCN(c2nc(-c3ccccc3)nc3ccccc23)CC1. The third-order valence-electron chi connectivity index (χ3n) is 5.81. The molecular weight excluding hydrogens is 432 g/mol. The van der Waals surface area contributed by atoms with Crippen molar-refractivity contribution in [3.63, 3.8) is 0 Å². The number of nitro groups is 1. The Balaban J connectivity index is 1.32. The molecule has 34 heavy (non-hydrogen) atoms. The zero-order valence-corrected chi connectivity index (χ0v) is 18.3. The molecule has 1 fully saturated rings. The van der Waals surface area contributed by atoms with Gasteiger partial charge in [-0.3, -0.25) is 10.1 Å². The van der Waals surface area contributed by atoms with Gasteiger partial charge in [-0.15, -0.1) is 0 Å². The Morgan fingerprint density at radius 3 is 2.24 bits per heavy atom. The monoisotopic (exact) mass is 454 g/mol. The van der Waals surface area contributed by atoms with Gasteiger partial charge in [-0.05, 0) is 24.3 Å². The summed E-state index contributed by atoms with van der Waals surface area (Å²) in [4.78, 5) is 36.6. The van der Waals surface area contributed by atoms with Crippen molar-refractivity contribution in [1.29, 1.82) is 0 Å². The molecule has 0 radical (unpaired) electrons. The second-order valence-electron chi connectivity index (χ2n) is 7.96. The number of nitrogens with one attached hydrogen (secondary N) is 1. The summed E-state index contributed by atoms with van der Waals surface area (Å²) in [6.07, 6.45) is 0. The number of aromatic nitrogens is 2. The number of carbonyl (C=O) groups is 1. The first-order chi connectivity index (χ1) is 16.6. The minimum atomic E-state index is -0.467. The lowest BCUT2D eigenvalue weighted by Crippen LogP contribution is -2.50. The van der Waals surface area contributed by atoms with Crippen LogP contribution in [0.15, 0.2) is 78.9 Å². The number of rotatable bonds is 4. The summed E-state index contributed by atoms with van der Waals surface area (Å²) >= 11 is 0. The van der Waals surface area contributed by atoms with Crippen LogP contribution < -0.4 is 10.2 Å². The fourth-order valence-electron chi connectivity index (χ4n) is 4.01. The number of para-hydroxylation sites is 1. The van der Waals surface area contributed by atoms with Crippen LogP contribution in [-0.2, 0) is 0 Å². The average molecular weight is 454 g/mol. The van der Waals surface area contributed by atoms with Crippen molar-refractivity contribution in [2.24, 2.45) is 0 Å². The highest BCUT2D eigenvalue weighted by Gasteiger charge is 2.24. The molecule has 2 heterocycles. The normalized spacial score (nSPS) is 13.6. The molecule has 1 aliphatic rings. The molecule has 1 aromatic heterocycles. The van der Waals surface area contributed by atoms with Gasteiger partial charge in [-0.1, -0.05) is 42.5 Å². The molecule has 1 saturated heterocycles. The van der Waals surface area contributed by atoms with E-state index in [2.05, 4.69) is 10.2 Å². The van der Waals surface area contributed by atoms with Crippen molar-refractivity contribution in [3.05, 3.63) is 89.0 Å². The first-order valence-corrected chi connectivity index (χ1v) is 11.0. The van der Waals surface area contributed by atoms with Gasteiger partial charge in [0.1, 0.15) is 5.82 Å². The van der Waals surface area contributed by atoms with Crippen molar-refractivity contribution < 1.29 is 9.72 Å². The second kappa shape index (κ2) is 9.14. The van der Waals surface area contributed by atoms with E-state index >= 15 is 0 Å². The summed E-state index contributed by atoms with van der Waals surface area (Å²) in [6.45, 7) is 2.31. The van der Waals surface area contributed by atoms with Gasteiger partial charge in [-0.2, -0.15) is 0 Å². The zero-order chi connectivity index (χ0) is 23.5. The summed E-state index contributed by atoms with van der Waals surface area (Å²) < 4.78 is 0. The molecule has 2 amide bonds. The van der Waals surface area contributed by atoms with Crippen LogP contribution in [0.1, 0.15) is 0 Å². The first-order valence-electron chi connectivity index (χ1n) is 11.0. The number of non-ortho nitro benzene ring substituents is 1. The van der Waals surface area contributed by atoms with Crippen LogP contribution in [-0.4, -0.2) is 52.0 Å². The number of urea groups is 1. The summed E-state index contributed by atoms with van der Waals surface area (Å²) in [6, 6.07) is 23.4. The van der Waals surface area contributed by atoms with E-state index in [1.165, 1.54) is 24.3 Å². The number of amides is 2. The lowest BCUT2D eigenvalue weighted by atomic mass is 10.1. The third kappa shape index (κ3) is 4.36. The molecule has 0 unspecified atom stereocenters. The highest BCUT2D eigenvalue weighted by Crippen LogP contribution is 2.28. The number of hydrogen-bond acceptors (Lipinski definition) is 6. The van der Waals surface area contributed by atoms with E-state index < -0.39 is 4.92 Å². The van der Waals surface area contributed by atoms with Crippen molar-refractivity contribution in [1.82, 2.24) is 14.9 Å². The number of nitro benzene ring substituents is 1. The van der Waals surface area contributed by atoms with E-state index in [4.69, 9.17) is 9.97 Å². The van der Waals surface area contributed by atoms with E-state index in [1.807, 2.05) is 54.6 Å². The third-order valence-corrected chi connectivity index (χ3v) is 5.81. The molecule has 9 nitrogen and oxygen atoms in total. The summed E-state index contributed by atoms with van der Waals surface area (Å²) in [5, 5.41) is 14.6. The Hall–Kier alpha value is -4.53. The number of benzene rings is 3. The van der Waals surface area contributed by atoms with Crippen LogP contribution in [0, 0.1) is 10.1 Å². The van der Waals surface area contributed by atoms with E-state index in [9.17, 15) is 14.9 Å². The van der Waals surface area contributed by atoms with Crippen molar-refractivity contribution >= 4 is 34.1 Å². The van der Waals surface area contributed by atoms with Crippen LogP contribution in [0.3, 0.4) is 0 Å². The highest BCUT2D eigenvalue weighted by molar-refractivity contribution is 5.92. The maximum atomic E-state index is 12.7. The maximum Gasteiger partial charge on any atom is 0.321 e. The number of fused-ring (bicyclic) bond motifs is 1. The Bertz CT molecular complexity index is 1340. The van der Waals surface area contributed by atoms with E-state index in [-0.39, 0.29) is 11.7 Å². The summed E-state index contributed by atoms with van der Waals surface area (Å²) in [5.74, 6) is 1.53. The molecule has 0 atom stereocenters. The van der Waals surface area contributed by atoms with Gasteiger partial charge in [0, 0.05) is 54.9 Å². The number of carbonyl (C=O) groups excluding carboxylic acids is 1. The van der Waals surface area contributed by atoms with Crippen molar-refractivity contribution in [2.75, 3.05) is 36.4 Å². The quantitative estimate of drug-likeness (QED) is 0.358. The van der Waals surface area contributed by atoms with E-state index in [1.54, 1.807) is 4.90 Å². The Kier molecular flexibility index (Phi) is 5.73. The van der Waals surface area contributed by atoms with Crippen molar-refractivity contribution in [2.45, 2.75) is 0 Å². The van der Waals surface area contributed by atoms with Crippen LogP contribution in [0.2, 0.25) is 0 Å². The molecule has 1 aliphatic heterocycles. The predicted octanol–water partition coefficient (Wildman–Crippen LogP) is 4.56. The predicted molar refractivity (Wildman–Crippen MR) is 131 cm³/mol. The lowest BCUT2D eigenvalue weighted by molar-refractivity contribution is -0.384. The van der Waals surface area contributed by atoms with E-state index in [0.717, 1.165) is 22.3 Å². The van der Waals surface area contributed by atoms with Crippen LogP contribution >= 0.6 is 0 Å². The second-order valence-corrected chi connectivity index (χ2v) is 7.96. The van der Waals surface area contributed by atoms with Gasteiger partial charge in [-0.25, -0.2) is 14.8 Å². The molecule has 5 rings (SSSR count). The maximum absolute atomic E-state index is 12.7. The lowest BCUT2D eigenvalue weighted by Gasteiger charge is -2.35. The van der Waals surface area contributed by atoms with Crippen LogP contribution in [0.5, 0.6) is 0 Å². The van der Waals surface area contributed by atoms with Gasteiger partial charge in [0.05, 0.1) is 10.4 Å². The minimum Gasteiger partial charge on any atom is -0.352 e. The Morgan fingerprint density at radius 2 is 1.53 bits per heavy atom. The Morgan fingerprint density at radius 1 is 0.853 bits per heavy atom. The topological polar surface area (TPSA) is 104 Å². The Labute approximate surface area is 195 Å². The van der Waals surface area contributed by atoms with Gasteiger partial charge in [0.25, 0.3) is 5.69 Å². The molecular formula is C25H22N6O3. The fourth-order valence-corrected chi connectivity index (χ4v) is 4.01. The largest absolute Gasteiger partial charge is 0.352 e. The molecule has 9 heteroatoms. The molecule has 0 spiro atoms.